The smallest absolute Gasteiger partial charge is 0.265 e. The Morgan fingerprint density at radius 2 is 2.20 bits per heavy atom. The van der Waals surface area contributed by atoms with Crippen LogP contribution in [0.3, 0.4) is 0 Å². The molecule has 1 amide bonds. The minimum atomic E-state index is -0.0936. The summed E-state index contributed by atoms with van der Waals surface area (Å²) in [5.74, 6) is 0.833. The molecule has 1 unspecified atom stereocenters. The van der Waals surface area contributed by atoms with Gasteiger partial charge in [0.05, 0.1) is 0 Å². The van der Waals surface area contributed by atoms with Crippen molar-refractivity contribution in [3.8, 4) is 0 Å². The van der Waals surface area contributed by atoms with E-state index in [-0.39, 0.29) is 11.9 Å². The number of rotatable bonds is 6. The first-order chi connectivity index (χ1) is 9.61. The van der Waals surface area contributed by atoms with Crippen LogP contribution in [0.15, 0.2) is 0 Å². The van der Waals surface area contributed by atoms with Gasteiger partial charge in [-0.3, -0.25) is 4.79 Å². The number of hydrogen-bond donors (Lipinski definition) is 3. The Balaban J connectivity index is 1.95. The number of nitrogens with one attached hydrogen (secondary N) is 2. The first kappa shape index (κ1) is 15.1. The van der Waals surface area contributed by atoms with E-state index in [0.717, 1.165) is 18.1 Å². The van der Waals surface area contributed by atoms with Crippen LogP contribution in [0.2, 0.25) is 0 Å². The Morgan fingerprint density at radius 1 is 1.50 bits per heavy atom. The SMILES string of the molecule is CCCNc1nc(N)c(C(=O)NC(C)C2CCCC2)s1. The quantitative estimate of drug-likeness (QED) is 0.754. The second-order valence-electron chi connectivity index (χ2n) is 5.47. The van der Waals surface area contributed by atoms with E-state index >= 15 is 0 Å². The molecule has 0 bridgehead atoms. The van der Waals surface area contributed by atoms with Crippen molar-refractivity contribution in [3.05, 3.63) is 4.88 Å². The molecule has 20 heavy (non-hydrogen) atoms. The Hall–Kier alpha value is -1.30. The number of aromatic nitrogens is 1. The van der Waals surface area contributed by atoms with Gasteiger partial charge in [-0.05, 0) is 32.1 Å². The summed E-state index contributed by atoms with van der Waals surface area (Å²) in [5, 5.41) is 6.96. The predicted octanol–water partition coefficient (Wildman–Crippen LogP) is 2.86. The normalized spacial score (nSPS) is 17.1. The first-order valence-corrected chi connectivity index (χ1v) is 8.24. The molecular formula is C14H24N4OS. The van der Waals surface area contributed by atoms with Crippen LogP contribution in [0.4, 0.5) is 10.9 Å². The standard InChI is InChI=1S/C14H24N4OS/c1-3-8-16-14-18-12(15)11(20-14)13(19)17-9(2)10-6-4-5-7-10/h9-10H,3-8,15H2,1-2H3,(H,16,18)(H,17,19). The highest BCUT2D eigenvalue weighted by atomic mass is 32.1. The van der Waals surface area contributed by atoms with Crippen molar-refractivity contribution in [3.63, 3.8) is 0 Å². The Morgan fingerprint density at radius 3 is 2.85 bits per heavy atom. The van der Waals surface area contributed by atoms with Gasteiger partial charge in [0, 0.05) is 12.6 Å². The molecule has 1 aliphatic carbocycles. The third-order valence-corrected chi connectivity index (χ3v) is 4.88. The van der Waals surface area contributed by atoms with Gasteiger partial charge < -0.3 is 16.4 Å². The molecule has 4 N–H and O–H groups in total. The van der Waals surface area contributed by atoms with Gasteiger partial charge in [-0.2, -0.15) is 0 Å². The third-order valence-electron chi connectivity index (χ3n) is 3.85. The molecule has 1 heterocycles. The summed E-state index contributed by atoms with van der Waals surface area (Å²) in [5.41, 5.74) is 5.84. The topological polar surface area (TPSA) is 80.0 Å². The predicted molar refractivity (Wildman–Crippen MR) is 84.2 cm³/mol. The number of nitrogens with two attached hydrogens (primary N) is 1. The lowest BCUT2D eigenvalue weighted by Gasteiger charge is -2.19. The molecule has 1 atom stereocenters. The first-order valence-electron chi connectivity index (χ1n) is 7.42. The molecule has 0 saturated heterocycles. The molecule has 1 aliphatic rings. The second-order valence-corrected chi connectivity index (χ2v) is 6.47. The number of hydrogen-bond acceptors (Lipinski definition) is 5. The number of carbonyl (C=O) groups excluding carboxylic acids is 1. The van der Waals surface area contributed by atoms with E-state index in [2.05, 4.69) is 29.5 Å². The van der Waals surface area contributed by atoms with Crippen molar-refractivity contribution in [1.82, 2.24) is 10.3 Å². The maximum absolute atomic E-state index is 12.3. The second kappa shape index (κ2) is 6.92. The molecule has 5 nitrogen and oxygen atoms in total. The van der Waals surface area contributed by atoms with Crippen molar-refractivity contribution in [2.24, 2.45) is 5.92 Å². The molecule has 2 rings (SSSR count). The Labute approximate surface area is 124 Å². The van der Waals surface area contributed by atoms with Crippen LogP contribution >= 0.6 is 11.3 Å². The summed E-state index contributed by atoms with van der Waals surface area (Å²) in [6.07, 6.45) is 5.99. The van der Waals surface area contributed by atoms with Gasteiger partial charge >= 0.3 is 0 Å². The summed E-state index contributed by atoms with van der Waals surface area (Å²) in [6, 6.07) is 0.207. The molecule has 0 aliphatic heterocycles. The van der Waals surface area contributed by atoms with Gasteiger partial charge in [-0.25, -0.2) is 4.98 Å². The zero-order valence-electron chi connectivity index (χ0n) is 12.2. The van der Waals surface area contributed by atoms with E-state index in [1.807, 2.05) is 0 Å². The zero-order chi connectivity index (χ0) is 14.5. The van der Waals surface area contributed by atoms with Crippen LogP contribution in [0.25, 0.3) is 0 Å². The number of amides is 1. The van der Waals surface area contributed by atoms with Crippen molar-refractivity contribution >= 4 is 28.2 Å². The van der Waals surface area contributed by atoms with E-state index in [4.69, 9.17) is 5.73 Å². The van der Waals surface area contributed by atoms with E-state index in [1.165, 1.54) is 37.0 Å². The van der Waals surface area contributed by atoms with Crippen LogP contribution < -0.4 is 16.4 Å². The van der Waals surface area contributed by atoms with Crippen molar-refractivity contribution in [2.75, 3.05) is 17.6 Å². The number of anilines is 2. The number of nitrogen functional groups attached to an aromatic ring is 1. The lowest BCUT2D eigenvalue weighted by atomic mass is 10.00. The van der Waals surface area contributed by atoms with Crippen LogP contribution in [0.5, 0.6) is 0 Å². The van der Waals surface area contributed by atoms with Crippen LogP contribution in [-0.2, 0) is 0 Å². The molecule has 112 valence electrons. The number of nitrogens with zero attached hydrogens (tertiary/aromatic N) is 1. The Bertz CT molecular complexity index is 454. The zero-order valence-corrected chi connectivity index (χ0v) is 13.1. The van der Waals surface area contributed by atoms with Gasteiger partial charge in [-0.1, -0.05) is 31.1 Å². The van der Waals surface area contributed by atoms with Gasteiger partial charge in [0.1, 0.15) is 10.7 Å². The lowest BCUT2D eigenvalue weighted by molar-refractivity contribution is 0.0932. The van der Waals surface area contributed by atoms with E-state index in [0.29, 0.717) is 16.6 Å². The highest BCUT2D eigenvalue weighted by Gasteiger charge is 2.25. The number of thiazole rings is 1. The van der Waals surface area contributed by atoms with E-state index in [1.54, 1.807) is 0 Å². The highest BCUT2D eigenvalue weighted by molar-refractivity contribution is 7.18. The summed E-state index contributed by atoms with van der Waals surface area (Å²) in [4.78, 5) is 17.0. The van der Waals surface area contributed by atoms with Crippen LogP contribution in [-0.4, -0.2) is 23.5 Å². The molecule has 1 fully saturated rings. The minimum absolute atomic E-state index is 0.0936. The molecular weight excluding hydrogens is 272 g/mol. The van der Waals surface area contributed by atoms with Crippen LogP contribution in [0.1, 0.15) is 55.6 Å². The molecule has 0 radical (unpaired) electrons. The Kier molecular flexibility index (Phi) is 5.23. The van der Waals surface area contributed by atoms with Gasteiger partial charge in [0.2, 0.25) is 0 Å². The minimum Gasteiger partial charge on any atom is -0.382 e. The fraction of sp³-hybridized carbons (Fsp3) is 0.714. The van der Waals surface area contributed by atoms with Crippen molar-refractivity contribution < 1.29 is 4.79 Å². The molecule has 1 aromatic rings. The molecule has 0 spiro atoms. The monoisotopic (exact) mass is 296 g/mol. The molecule has 1 saturated carbocycles. The fourth-order valence-electron chi connectivity index (χ4n) is 2.65. The molecule has 1 aromatic heterocycles. The summed E-state index contributed by atoms with van der Waals surface area (Å²) >= 11 is 1.33. The average Bonchev–Trinajstić information content (AvgIpc) is 3.05. The maximum Gasteiger partial charge on any atom is 0.265 e. The highest BCUT2D eigenvalue weighted by Crippen LogP contribution is 2.29. The van der Waals surface area contributed by atoms with Gasteiger partial charge in [0.15, 0.2) is 5.13 Å². The van der Waals surface area contributed by atoms with Gasteiger partial charge in [0.25, 0.3) is 5.91 Å². The third kappa shape index (κ3) is 3.62. The lowest BCUT2D eigenvalue weighted by Crippen LogP contribution is -2.37. The summed E-state index contributed by atoms with van der Waals surface area (Å²) in [6.45, 7) is 5.01. The van der Waals surface area contributed by atoms with Gasteiger partial charge in [-0.15, -0.1) is 0 Å². The fourth-order valence-corrected chi connectivity index (χ4v) is 3.46. The molecule has 0 aromatic carbocycles. The summed E-state index contributed by atoms with van der Waals surface area (Å²) in [7, 11) is 0. The largest absolute Gasteiger partial charge is 0.382 e. The average molecular weight is 296 g/mol. The van der Waals surface area contributed by atoms with E-state index in [9.17, 15) is 4.79 Å². The molecule has 6 heteroatoms. The van der Waals surface area contributed by atoms with Crippen molar-refractivity contribution in [2.45, 2.75) is 52.0 Å². The summed E-state index contributed by atoms with van der Waals surface area (Å²) < 4.78 is 0. The van der Waals surface area contributed by atoms with E-state index < -0.39 is 0 Å². The maximum atomic E-state index is 12.3. The van der Waals surface area contributed by atoms with Crippen molar-refractivity contribution in [1.29, 1.82) is 0 Å². The van der Waals surface area contributed by atoms with Crippen LogP contribution in [0, 0.1) is 5.92 Å². The number of carbonyl (C=O) groups is 1.